The van der Waals surface area contributed by atoms with E-state index in [1.54, 1.807) is 18.9 Å². The molecule has 5 nitrogen and oxygen atoms in total. The molecule has 1 heterocycles. The van der Waals surface area contributed by atoms with Crippen molar-refractivity contribution in [2.24, 2.45) is 11.3 Å². The summed E-state index contributed by atoms with van der Waals surface area (Å²) < 4.78 is 10.3. The molecule has 1 aliphatic heterocycles. The van der Waals surface area contributed by atoms with Crippen molar-refractivity contribution in [1.29, 1.82) is 0 Å². The number of hydrogen-bond donors (Lipinski definition) is 0. The molecule has 2 unspecified atom stereocenters. The van der Waals surface area contributed by atoms with Gasteiger partial charge in [0.25, 0.3) is 0 Å². The number of esters is 1. The van der Waals surface area contributed by atoms with Crippen LogP contribution in [0.4, 0.5) is 0 Å². The van der Waals surface area contributed by atoms with E-state index in [4.69, 9.17) is 9.47 Å². The Kier molecular flexibility index (Phi) is 5.35. The third-order valence-electron chi connectivity index (χ3n) is 3.44. The Morgan fingerprint density at radius 1 is 1.42 bits per heavy atom. The molecule has 0 aromatic heterocycles. The molecule has 0 spiro atoms. The van der Waals surface area contributed by atoms with Crippen LogP contribution in [0, 0.1) is 11.3 Å². The summed E-state index contributed by atoms with van der Waals surface area (Å²) in [5, 5.41) is 0. The average Bonchev–Trinajstić information content (AvgIpc) is 2.79. The number of amides is 1. The van der Waals surface area contributed by atoms with E-state index >= 15 is 0 Å². The Labute approximate surface area is 115 Å². The van der Waals surface area contributed by atoms with E-state index in [2.05, 4.69) is 0 Å². The number of rotatable bonds is 4. The second kappa shape index (κ2) is 6.37. The first-order chi connectivity index (χ1) is 8.79. The first-order valence-corrected chi connectivity index (χ1v) is 6.80. The molecule has 0 aromatic rings. The van der Waals surface area contributed by atoms with Gasteiger partial charge in [0.15, 0.2) is 0 Å². The van der Waals surface area contributed by atoms with Gasteiger partial charge in [0, 0.05) is 13.7 Å². The molecule has 0 radical (unpaired) electrons. The highest BCUT2D eigenvalue weighted by molar-refractivity contribution is 5.98. The zero-order valence-corrected chi connectivity index (χ0v) is 12.6. The van der Waals surface area contributed by atoms with Gasteiger partial charge in [-0.2, -0.15) is 0 Å². The summed E-state index contributed by atoms with van der Waals surface area (Å²) in [6.45, 7) is 8.89. The normalized spacial score (nSPS) is 21.0. The molecular weight excluding hydrogens is 246 g/mol. The van der Waals surface area contributed by atoms with E-state index in [0.29, 0.717) is 13.2 Å². The number of carbonyl (C=O) groups is 2. The van der Waals surface area contributed by atoms with Crippen LogP contribution in [0.5, 0.6) is 0 Å². The van der Waals surface area contributed by atoms with Gasteiger partial charge in [0.2, 0.25) is 5.91 Å². The van der Waals surface area contributed by atoms with Gasteiger partial charge < -0.3 is 14.4 Å². The molecule has 0 aliphatic carbocycles. The summed E-state index contributed by atoms with van der Waals surface area (Å²) in [6.07, 6.45) is 0.821. The lowest BCUT2D eigenvalue weighted by molar-refractivity contribution is -0.160. The van der Waals surface area contributed by atoms with Crippen molar-refractivity contribution in [3.05, 3.63) is 0 Å². The second-order valence-corrected chi connectivity index (χ2v) is 6.02. The highest BCUT2D eigenvalue weighted by atomic mass is 16.5. The first kappa shape index (κ1) is 16.0. The van der Waals surface area contributed by atoms with Gasteiger partial charge in [0.05, 0.1) is 19.3 Å². The van der Waals surface area contributed by atoms with Crippen LogP contribution in [0.25, 0.3) is 0 Å². The molecule has 0 N–H and O–H groups in total. The van der Waals surface area contributed by atoms with Crippen molar-refractivity contribution in [2.75, 3.05) is 26.9 Å². The number of nitrogens with zero attached hydrogens (tertiary/aromatic N) is 1. The summed E-state index contributed by atoms with van der Waals surface area (Å²) in [5.41, 5.74) is -0.461. The Balaban J connectivity index is 2.84. The van der Waals surface area contributed by atoms with Crippen molar-refractivity contribution in [2.45, 2.75) is 40.2 Å². The molecule has 1 fully saturated rings. The molecule has 19 heavy (non-hydrogen) atoms. The maximum Gasteiger partial charge on any atom is 0.319 e. The van der Waals surface area contributed by atoms with Gasteiger partial charge in [-0.25, -0.2) is 0 Å². The van der Waals surface area contributed by atoms with E-state index in [1.807, 2.05) is 20.8 Å². The predicted molar refractivity (Wildman–Crippen MR) is 71.6 cm³/mol. The molecule has 1 saturated heterocycles. The number of ether oxygens (including phenoxy) is 2. The molecule has 0 bridgehead atoms. The lowest BCUT2D eigenvalue weighted by atomic mass is 9.79. The Morgan fingerprint density at radius 3 is 2.47 bits per heavy atom. The zero-order chi connectivity index (χ0) is 14.6. The summed E-state index contributed by atoms with van der Waals surface area (Å²) in [7, 11) is 1.74. The monoisotopic (exact) mass is 271 g/mol. The van der Waals surface area contributed by atoms with Crippen LogP contribution in [0.1, 0.15) is 34.1 Å². The average molecular weight is 271 g/mol. The summed E-state index contributed by atoms with van der Waals surface area (Å²) in [4.78, 5) is 26.3. The van der Waals surface area contributed by atoms with Gasteiger partial charge >= 0.3 is 5.97 Å². The van der Waals surface area contributed by atoms with Gasteiger partial charge in [-0.15, -0.1) is 0 Å². The summed E-state index contributed by atoms with van der Waals surface area (Å²) in [5.74, 6) is -1.38. The van der Waals surface area contributed by atoms with Crippen LogP contribution < -0.4 is 0 Å². The van der Waals surface area contributed by atoms with Gasteiger partial charge in [-0.1, -0.05) is 20.8 Å². The number of likely N-dealkylation sites (N-methyl/N-ethyl adjacent to an activating group) is 1. The minimum atomic E-state index is -0.766. The van der Waals surface area contributed by atoms with Crippen molar-refractivity contribution in [3.8, 4) is 0 Å². The second-order valence-electron chi connectivity index (χ2n) is 6.02. The molecule has 1 amide bonds. The largest absolute Gasteiger partial charge is 0.465 e. The summed E-state index contributed by atoms with van der Waals surface area (Å²) >= 11 is 0. The van der Waals surface area contributed by atoms with Crippen LogP contribution in [-0.4, -0.2) is 49.7 Å². The van der Waals surface area contributed by atoms with Crippen molar-refractivity contribution in [3.63, 3.8) is 0 Å². The fourth-order valence-corrected chi connectivity index (χ4v) is 2.26. The lowest BCUT2D eigenvalue weighted by Gasteiger charge is -2.33. The number of carbonyl (C=O) groups excluding carboxylic acids is 2. The number of hydrogen-bond acceptors (Lipinski definition) is 4. The van der Waals surface area contributed by atoms with Crippen LogP contribution >= 0.6 is 0 Å². The van der Waals surface area contributed by atoms with Crippen LogP contribution in [0.15, 0.2) is 0 Å². The Hall–Kier alpha value is -1.10. The molecule has 110 valence electrons. The SMILES string of the molecule is CCOC(=O)C(C(=O)N(C)C1CCOC1)C(C)(C)C. The minimum absolute atomic E-state index is 0.0618. The van der Waals surface area contributed by atoms with E-state index in [-0.39, 0.29) is 18.6 Å². The first-order valence-electron chi connectivity index (χ1n) is 6.80. The molecule has 5 heteroatoms. The predicted octanol–water partition coefficient (Wildman–Crippen LogP) is 1.46. The Morgan fingerprint density at radius 2 is 2.05 bits per heavy atom. The van der Waals surface area contributed by atoms with E-state index in [1.165, 1.54) is 0 Å². The maximum absolute atomic E-state index is 12.6. The van der Waals surface area contributed by atoms with Gasteiger partial charge in [-0.05, 0) is 18.8 Å². The van der Waals surface area contributed by atoms with Gasteiger partial charge in [0.1, 0.15) is 5.92 Å². The lowest BCUT2D eigenvalue weighted by Crippen LogP contribution is -2.48. The smallest absolute Gasteiger partial charge is 0.319 e. The van der Waals surface area contributed by atoms with Crippen LogP contribution in [0.2, 0.25) is 0 Å². The van der Waals surface area contributed by atoms with Crippen LogP contribution in [-0.2, 0) is 19.1 Å². The van der Waals surface area contributed by atoms with E-state index in [0.717, 1.165) is 6.42 Å². The third-order valence-corrected chi connectivity index (χ3v) is 3.44. The van der Waals surface area contributed by atoms with Crippen molar-refractivity contribution < 1.29 is 19.1 Å². The quantitative estimate of drug-likeness (QED) is 0.574. The zero-order valence-electron chi connectivity index (χ0n) is 12.6. The summed E-state index contributed by atoms with van der Waals surface area (Å²) in [6, 6.07) is 0.0618. The molecule has 0 saturated carbocycles. The van der Waals surface area contributed by atoms with E-state index < -0.39 is 17.3 Å². The molecular formula is C14H25NO4. The standard InChI is InChI=1S/C14H25NO4/c1-6-19-13(17)11(14(2,3)4)12(16)15(5)10-7-8-18-9-10/h10-11H,6-9H2,1-5H3. The third kappa shape index (κ3) is 3.93. The van der Waals surface area contributed by atoms with Crippen molar-refractivity contribution >= 4 is 11.9 Å². The molecule has 2 atom stereocenters. The van der Waals surface area contributed by atoms with Crippen molar-refractivity contribution in [1.82, 2.24) is 4.90 Å². The van der Waals surface area contributed by atoms with Crippen LogP contribution in [0.3, 0.4) is 0 Å². The van der Waals surface area contributed by atoms with E-state index in [9.17, 15) is 9.59 Å². The highest BCUT2D eigenvalue weighted by Crippen LogP contribution is 2.30. The maximum atomic E-state index is 12.6. The molecule has 1 aliphatic rings. The molecule has 0 aromatic carbocycles. The minimum Gasteiger partial charge on any atom is -0.465 e. The highest BCUT2D eigenvalue weighted by Gasteiger charge is 2.42. The Bertz CT molecular complexity index is 329. The fraction of sp³-hybridized carbons (Fsp3) is 0.857. The molecule has 1 rings (SSSR count). The van der Waals surface area contributed by atoms with Gasteiger partial charge in [-0.3, -0.25) is 9.59 Å². The fourth-order valence-electron chi connectivity index (χ4n) is 2.26. The topological polar surface area (TPSA) is 55.8 Å².